The summed E-state index contributed by atoms with van der Waals surface area (Å²) < 4.78 is 5.47. The molecular weight excluding hydrogens is 548 g/mol. The lowest BCUT2D eigenvalue weighted by atomic mass is 10.0. The molecule has 0 heterocycles. The highest BCUT2D eigenvalue weighted by atomic mass is 16.5. The monoisotopic (exact) mass is 635 g/mol. The molecule has 270 valence electrons. The van der Waals surface area contributed by atoms with Gasteiger partial charge in [-0.05, 0) is 12.8 Å². The van der Waals surface area contributed by atoms with E-state index in [1.54, 1.807) is 0 Å². The zero-order valence-electron chi connectivity index (χ0n) is 31.6. The van der Waals surface area contributed by atoms with E-state index < -0.39 is 0 Å². The van der Waals surface area contributed by atoms with Crippen LogP contribution in [0.1, 0.15) is 264 Å². The Labute approximate surface area is 285 Å². The van der Waals surface area contributed by atoms with Crippen molar-refractivity contribution in [3.63, 3.8) is 0 Å². The molecule has 0 aromatic heterocycles. The fraction of sp³-hybridized carbons (Fsp3) is 0.977. The third-order valence-corrected chi connectivity index (χ3v) is 10.00. The summed E-state index contributed by atoms with van der Waals surface area (Å²) in [6.07, 6.45) is 53.4. The molecule has 0 aromatic carbocycles. The first-order chi connectivity index (χ1) is 22.3. The Hall–Kier alpha value is -0.530. The third-order valence-electron chi connectivity index (χ3n) is 10.00. The van der Waals surface area contributed by atoms with Crippen LogP contribution in [0.2, 0.25) is 0 Å². The molecule has 0 unspecified atom stereocenters. The van der Waals surface area contributed by atoms with Crippen molar-refractivity contribution in [3.05, 3.63) is 0 Å². The number of unbranched alkanes of at least 4 members (excludes halogenated alkanes) is 36. The molecule has 45 heavy (non-hydrogen) atoms. The van der Waals surface area contributed by atoms with Gasteiger partial charge in [-0.1, -0.05) is 245 Å². The van der Waals surface area contributed by atoms with Gasteiger partial charge in [0.2, 0.25) is 0 Å². The molecular formula is C43H86O2. The van der Waals surface area contributed by atoms with Crippen LogP contribution in [0.3, 0.4) is 0 Å². The van der Waals surface area contributed by atoms with Gasteiger partial charge in [-0.2, -0.15) is 0 Å². The van der Waals surface area contributed by atoms with Crippen molar-refractivity contribution < 1.29 is 9.53 Å². The van der Waals surface area contributed by atoms with Gasteiger partial charge in [-0.25, -0.2) is 0 Å². The summed E-state index contributed by atoms with van der Waals surface area (Å²) in [7, 11) is 0. The van der Waals surface area contributed by atoms with Crippen LogP contribution in [0, 0.1) is 0 Å². The van der Waals surface area contributed by atoms with Crippen LogP contribution >= 0.6 is 0 Å². The maximum absolute atomic E-state index is 12.0. The Bertz CT molecular complexity index is 530. The Morgan fingerprint density at radius 2 is 0.489 bits per heavy atom. The molecule has 0 N–H and O–H groups in total. The largest absolute Gasteiger partial charge is 0.466 e. The minimum atomic E-state index is 0.0318. The molecule has 0 fully saturated rings. The van der Waals surface area contributed by atoms with Gasteiger partial charge in [0.05, 0.1) is 6.61 Å². The van der Waals surface area contributed by atoms with Crippen molar-refractivity contribution in [1.82, 2.24) is 0 Å². The first-order valence-electron chi connectivity index (χ1n) is 21.5. The number of hydrogen-bond acceptors (Lipinski definition) is 2. The molecule has 0 saturated heterocycles. The molecule has 0 spiro atoms. The van der Waals surface area contributed by atoms with Crippen LogP contribution in [0.25, 0.3) is 0 Å². The van der Waals surface area contributed by atoms with Crippen molar-refractivity contribution in [1.29, 1.82) is 0 Å². The zero-order chi connectivity index (χ0) is 32.6. The van der Waals surface area contributed by atoms with Crippen LogP contribution in [-0.4, -0.2) is 12.6 Å². The average Bonchev–Trinajstić information content (AvgIpc) is 3.05. The summed E-state index contributed by atoms with van der Waals surface area (Å²) in [5, 5.41) is 0. The number of esters is 1. The highest BCUT2D eigenvalue weighted by molar-refractivity contribution is 5.69. The van der Waals surface area contributed by atoms with E-state index in [0.717, 1.165) is 12.8 Å². The lowest BCUT2D eigenvalue weighted by Gasteiger charge is -2.06. The first kappa shape index (κ1) is 44.5. The highest BCUT2D eigenvalue weighted by Gasteiger charge is 2.03. The summed E-state index contributed by atoms with van der Waals surface area (Å²) in [4.78, 5) is 12.0. The number of rotatable bonds is 40. The molecule has 0 atom stereocenters. The Morgan fingerprint density at radius 1 is 0.289 bits per heavy atom. The maximum atomic E-state index is 12.0. The second-order valence-electron chi connectivity index (χ2n) is 14.7. The summed E-state index contributed by atoms with van der Waals surface area (Å²) >= 11 is 0. The lowest BCUT2D eigenvalue weighted by molar-refractivity contribution is -0.143. The number of carbonyl (C=O) groups is 1. The zero-order valence-corrected chi connectivity index (χ0v) is 31.6. The van der Waals surface area contributed by atoms with Gasteiger partial charge < -0.3 is 4.74 Å². The van der Waals surface area contributed by atoms with E-state index in [2.05, 4.69) is 13.8 Å². The number of hydrogen-bond donors (Lipinski definition) is 0. The first-order valence-corrected chi connectivity index (χ1v) is 21.5. The average molecular weight is 635 g/mol. The fourth-order valence-corrected chi connectivity index (χ4v) is 6.79. The maximum Gasteiger partial charge on any atom is 0.305 e. The van der Waals surface area contributed by atoms with E-state index >= 15 is 0 Å². The van der Waals surface area contributed by atoms with Gasteiger partial charge in [0.1, 0.15) is 0 Å². The van der Waals surface area contributed by atoms with Crippen LogP contribution < -0.4 is 0 Å². The summed E-state index contributed by atoms with van der Waals surface area (Å²) in [6.45, 7) is 5.23. The molecule has 0 rings (SSSR count). The van der Waals surface area contributed by atoms with E-state index in [-0.39, 0.29) is 5.97 Å². The van der Waals surface area contributed by atoms with Crippen molar-refractivity contribution in [3.8, 4) is 0 Å². The normalized spacial score (nSPS) is 11.4. The number of ether oxygens (including phenoxy) is 1. The van der Waals surface area contributed by atoms with Crippen LogP contribution in [0.15, 0.2) is 0 Å². The lowest BCUT2D eigenvalue weighted by Crippen LogP contribution is -2.05. The van der Waals surface area contributed by atoms with Crippen LogP contribution in [0.5, 0.6) is 0 Å². The Morgan fingerprint density at radius 3 is 0.733 bits per heavy atom. The van der Waals surface area contributed by atoms with E-state index in [0.29, 0.717) is 13.0 Å². The second-order valence-corrected chi connectivity index (χ2v) is 14.7. The molecule has 0 radical (unpaired) electrons. The summed E-state index contributed by atoms with van der Waals surface area (Å²) in [5.74, 6) is 0.0318. The standard InChI is InChI=1S/C43H86O2/c1-3-5-7-9-11-13-15-17-19-21-23-24-26-28-30-32-34-36-38-40-42-45-43(44)41-39-37-35-33-31-29-27-25-22-20-18-16-14-12-10-8-6-4-2/h3-42H2,1-2H3. The SMILES string of the molecule is CCCCCCCCCCCCCCCCCCCCCCOC(=O)CCCCCCCCCCCCCCCCCCCC. The molecule has 0 amide bonds. The molecule has 0 aromatic rings. The van der Waals surface area contributed by atoms with Crippen molar-refractivity contribution in [2.45, 2.75) is 264 Å². The van der Waals surface area contributed by atoms with Gasteiger partial charge >= 0.3 is 5.97 Å². The predicted octanol–water partition coefficient (Wildman–Crippen LogP) is 15.8. The molecule has 2 heteroatoms. The van der Waals surface area contributed by atoms with E-state index in [1.165, 1.54) is 231 Å². The van der Waals surface area contributed by atoms with E-state index in [4.69, 9.17) is 4.74 Å². The summed E-state index contributed by atoms with van der Waals surface area (Å²) in [6, 6.07) is 0. The van der Waals surface area contributed by atoms with Gasteiger partial charge in [-0.15, -0.1) is 0 Å². The summed E-state index contributed by atoms with van der Waals surface area (Å²) in [5.41, 5.74) is 0. The molecule has 0 saturated carbocycles. The van der Waals surface area contributed by atoms with Crippen molar-refractivity contribution >= 4 is 5.97 Å². The predicted molar refractivity (Wildman–Crippen MR) is 202 cm³/mol. The minimum absolute atomic E-state index is 0.0318. The van der Waals surface area contributed by atoms with Crippen LogP contribution in [-0.2, 0) is 9.53 Å². The molecule has 0 bridgehead atoms. The highest BCUT2D eigenvalue weighted by Crippen LogP contribution is 2.16. The Kier molecular flexibility index (Phi) is 41.0. The smallest absolute Gasteiger partial charge is 0.305 e. The van der Waals surface area contributed by atoms with E-state index in [1.807, 2.05) is 0 Å². The quantitative estimate of drug-likeness (QED) is 0.0495. The second kappa shape index (κ2) is 41.5. The fourth-order valence-electron chi connectivity index (χ4n) is 6.79. The third kappa shape index (κ3) is 41.4. The molecule has 0 aliphatic heterocycles. The van der Waals surface area contributed by atoms with Crippen LogP contribution in [0.4, 0.5) is 0 Å². The van der Waals surface area contributed by atoms with Gasteiger partial charge in [0.15, 0.2) is 0 Å². The Balaban J connectivity index is 3.14. The van der Waals surface area contributed by atoms with Gasteiger partial charge in [0, 0.05) is 6.42 Å². The number of carbonyl (C=O) groups excluding carboxylic acids is 1. The van der Waals surface area contributed by atoms with E-state index in [9.17, 15) is 4.79 Å². The van der Waals surface area contributed by atoms with Gasteiger partial charge in [0.25, 0.3) is 0 Å². The topological polar surface area (TPSA) is 26.3 Å². The van der Waals surface area contributed by atoms with Crippen molar-refractivity contribution in [2.24, 2.45) is 0 Å². The van der Waals surface area contributed by atoms with Crippen molar-refractivity contribution in [2.75, 3.05) is 6.61 Å². The molecule has 0 aliphatic rings. The minimum Gasteiger partial charge on any atom is -0.466 e. The molecule has 0 aliphatic carbocycles. The molecule has 2 nitrogen and oxygen atoms in total. The van der Waals surface area contributed by atoms with Gasteiger partial charge in [-0.3, -0.25) is 4.79 Å².